The molecule has 2 heterocycles. The summed E-state index contributed by atoms with van der Waals surface area (Å²) in [6.45, 7) is 4.32. The van der Waals surface area contributed by atoms with Crippen molar-refractivity contribution < 1.29 is 0 Å². The van der Waals surface area contributed by atoms with E-state index in [-0.39, 0.29) is 0 Å². The van der Waals surface area contributed by atoms with Gasteiger partial charge in [0.1, 0.15) is 0 Å². The van der Waals surface area contributed by atoms with Gasteiger partial charge in [-0.2, -0.15) is 0 Å². The zero-order valence-electron chi connectivity index (χ0n) is 19.3. The summed E-state index contributed by atoms with van der Waals surface area (Å²) in [4.78, 5) is 0. The first kappa shape index (κ1) is 19.2. The van der Waals surface area contributed by atoms with E-state index >= 15 is 0 Å². The lowest BCUT2D eigenvalue weighted by Gasteiger charge is -2.10. The summed E-state index contributed by atoms with van der Waals surface area (Å²) in [7, 11) is 0. The number of aryl methyl sites for hydroxylation is 2. The number of fused-ring (bicyclic) bond motifs is 6. The minimum Gasteiger partial charge on any atom is -0.309 e. The van der Waals surface area contributed by atoms with Crippen LogP contribution in [0.25, 0.3) is 55.0 Å². The molecule has 34 heavy (non-hydrogen) atoms. The first-order valence-corrected chi connectivity index (χ1v) is 11.8. The molecule has 0 aliphatic heterocycles. The molecule has 0 amide bonds. The predicted octanol–water partition coefficient (Wildman–Crippen LogP) is 8.50. The van der Waals surface area contributed by atoms with Crippen molar-refractivity contribution in [3.8, 4) is 11.4 Å². The highest BCUT2D eigenvalue weighted by Gasteiger charge is 2.18. The predicted molar refractivity (Wildman–Crippen MR) is 145 cm³/mol. The smallest absolute Gasteiger partial charge is 0.0548 e. The molecule has 0 unspecified atom stereocenters. The van der Waals surface area contributed by atoms with Crippen LogP contribution in [0.15, 0.2) is 109 Å². The Morgan fingerprint density at radius 3 is 1.26 bits per heavy atom. The van der Waals surface area contributed by atoms with Crippen molar-refractivity contribution in [2.75, 3.05) is 0 Å². The molecule has 2 heteroatoms. The van der Waals surface area contributed by atoms with Crippen LogP contribution in [-0.2, 0) is 0 Å². The summed E-state index contributed by atoms with van der Waals surface area (Å²) in [5.41, 5.74) is 9.89. The molecule has 0 saturated heterocycles. The maximum absolute atomic E-state index is 2.41. The summed E-state index contributed by atoms with van der Waals surface area (Å²) in [6, 6.07) is 39.8. The zero-order chi connectivity index (χ0) is 22.8. The van der Waals surface area contributed by atoms with Gasteiger partial charge in [0.15, 0.2) is 0 Å². The van der Waals surface area contributed by atoms with Gasteiger partial charge in [-0.15, -0.1) is 0 Å². The van der Waals surface area contributed by atoms with E-state index in [9.17, 15) is 0 Å². The summed E-state index contributed by atoms with van der Waals surface area (Å²) in [6.07, 6.45) is 0. The highest BCUT2D eigenvalue weighted by atomic mass is 15.0. The Bertz CT molecular complexity index is 1740. The van der Waals surface area contributed by atoms with E-state index in [4.69, 9.17) is 0 Å². The van der Waals surface area contributed by atoms with Crippen LogP contribution in [0, 0.1) is 13.8 Å². The van der Waals surface area contributed by atoms with Gasteiger partial charge in [-0.3, -0.25) is 0 Å². The van der Waals surface area contributed by atoms with Gasteiger partial charge < -0.3 is 9.13 Å². The van der Waals surface area contributed by atoms with Crippen LogP contribution in [0.1, 0.15) is 11.1 Å². The summed E-state index contributed by atoms with van der Waals surface area (Å²) in [5.74, 6) is 0. The molecule has 7 aromatic rings. The molecular weight excluding hydrogens is 412 g/mol. The maximum atomic E-state index is 2.41. The second-order valence-electron chi connectivity index (χ2n) is 9.27. The SMILES string of the molecule is Cc1cccc(-n2c3ccccc3c3cc4c(cc32)c2ccccc2n4-c2cccc(C)c2)c1. The average molecular weight is 437 g/mol. The molecular formula is C32H24N2. The number of rotatable bonds is 2. The molecule has 0 spiro atoms. The van der Waals surface area contributed by atoms with Crippen LogP contribution < -0.4 is 0 Å². The molecule has 5 aromatic carbocycles. The number of para-hydroxylation sites is 2. The van der Waals surface area contributed by atoms with E-state index in [1.165, 1.54) is 66.1 Å². The monoisotopic (exact) mass is 436 g/mol. The van der Waals surface area contributed by atoms with Crippen LogP contribution in [0.3, 0.4) is 0 Å². The van der Waals surface area contributed by atoms with Gasteiger partial charge in [0.2, 0.25) is 0 Å². The molecule has 7 rings (SSSR count). The highest BCUT2D eigenvalue weighted by Crippen LogP contribution is 2.39. The Kier molecular flexibility index (Phi) is 4.01. The Labute approximate surface area is 198 Å². The van der Waals surface area contributed by atoms with Gasteiger partial charge >= 0.3 is 0 Å². The van der Waals surface area contributed by atoms with E-state index in [1.54, 1.807) is 0 Å². The topological polar surface area (TPSA) is 9.86 Å². The minimum absolute atomic E-state index is 1.20. The lowest BCUT2D eigenvalue weighted by molar-refractivity contribution is 1.17. The quantitative estimate of drug-likeness (QED) is 0.257. The van der Waals surface area contributed by atoms with Crippen LogP contribution >= 0.6 is 0 Å². The standard InChI is InChI=1S/C32H24N2/c1-21-9-7-11-23(17-21)33-29-15-5-3-13-25(29)27-20-32-28(19-31(27)33)26-14-4-6-16-30(26)34(32)24-12-8-10-22(2)18-24/h3-20H,1-2H3. The van der Waals surface area contributed by atoms with E-state index in [0.717, 1.165) is 0 Å². The van der Waals surface area contributed by atoms with Crippen molar-refractivity contribution in [1.82, 2.24) is 9.13 Å². The lowest BCUT2D eigenvalue weighted by atomic mass is 10.1. The molecule has 0 radical (unpaired) electrons. The van der Waals surface area contributed by atoms with Crippen molar-refractivity contribution in [3.63, 3.8) is 0 Å². The van der Waals surface area contributed by atoms with Crippen molar-refractivity contribution in [3.05, 3.63) is 120 Å². The normalized spacial score (nSPS) is 11.8. The van der Waals surface area contributed by atoms with Crippen molar-refractivity contribution in [2.45, 2.75) is 13.8 Å². The van der Waals surface area contributed by atoms with Crippen LogP contribution in [0.4, 0.5) is 0 Å². The van der Waals surface area contributed by atoms with Crippen LogP contribution in [0.2, 0.25) is 0 Å². The molecule has 0 aliphatic rings. The van der Waals surface area contributed by atoms with Gasteiger partial charge in [0, 0.05) is 32.9 Å². The van der Waals surface area contributed by atoms with E-state index in [0.29, 0.717) is 0 Å². The second-order valence-corrected chi connectivity index (χ2v) is 9.27. The van der Waals surface area contributed by atoms with Gasteiger partial charge in [0.25, 0.3) is 0 Å². The Morgan fingerprint density at radius 1 is 0.382 bits per heavy atom. The molecule has 2 aromatic heterocycles. The van der Waals surface area contributed by atoms with E-state index in [1.807, 2.05) is 0 Å². The molecule has 0 aliphatic carbocycles. The fourth-order valence-corrected chi connectivity index (χ4v) is 5.52. The summed E-state index contributed by atoms with van der Waals surface area (Å²) >= 11 is 0. The summed E-state index contributed by atoms with van der Waals surface area (Å²) < 4.78 is 4.83. The average Bonchev–Trinajstić information content (AvgIpc) is 3.35. The van der Waals surface area contributed by atoms with Gasteiger partial charge in [0.05, 0.1) is 22.1 Å². The molecule has 0 fully saturated rings. The number of hydrogen-bond donors (Lipinski definition) is 0. The minimum atomic E-state index is 1.20. The highest BCUT2D eigenvalue weighted by molar-refractivity contribution is 6.19. The number of aromatic nitrogens is 2. The third-order valence-electron chi connectivity index (χ3n) is 6.99. The second kappa shape index (κ2) is 7.10. The van der Waals surface area contributed by atoms with Gasteiger partial charge in [-0.1, -0.05) is 60.7 Å². The number of benzene rings is 5. The fourth-order valence-electron chi connectivity index (χ4n) is 5.52. The third kappa shape index (κ3) is 2.69. The Morgan fingerprint density at radius 2 is 0.824 bits per heavy atom. The molecule has 2 nitrogen and oxygen atoms in total. The fraction of sp³-hybridized carbons (Fsp3) is 0.0625. The maximum Gasteiger partial charge on any atom is 0.0548 e. The first-order chi connectivity index (χ1) is 16.7. The number of hydrogen-bond acceptors (Lipinski definition) is 0. The molecule has 0 bridgehead atoms. The third-order valence-corrected chi connectivity index (χ3v) is 6.99. The molecule has 0 N–H and O–H groups in total. The van der Waals surface area contributed by atoms with Crippen molar-refractivity contribution in [1.29, 1.82) is 0 Å². The van der Waals surface area contributed by atoms with E-state index < -0.39 is 0 Å². The van der Waals surface area contributed by atoms with Gasteiger partial charge in [-0.25, -0.2) is 0 Å². The largest absolute Gasteiger partial charge is 0.309 e. The Balaban J connectivity index is 1.68. The van der Waals surface area contributed by atoms with Crippen LogP contribution in [0.5, 0.6) is 0 Å². The molecule has 0 atom stereocenters. The first-order valence-electron chi connectivity index (χ1n) is 11.8. The van der Waals surface area contributed by atoms with Crippen molar-refractivity contribution >= 4 is 43.6 Å². The lowest BCUT2D eigenvalue weighted by Crippen LogP contribution is -1.95. The zero-order valence-corrected chi connectivity index (χ0v) is 19.3. The summed E-state index contributed by atoms with van der Waals surface area (Å²) in [5, 5.41) is 5.12. The van der Waals surface area contributed by atoms with Crippen LogP contribution in [-0.4, -0.2) is 9.13 Å². The van der Waals surface area contributed by atoms with E-state index in [2.05, 4.69) is 132 Å². The molecule has 0 saturated carbocycles. The van der Waals surface area contributed by atoms with Crippen molar-refractivity contribution in [2.24, 2.45) is 0 Å². The van der Waals surface area contributed by atoms with Gasteiger partial charge in [-0.05, 0) is 73.5 Å². The number of nitrogens with zero attached hydrogens (tertiary/aromatic N) is 2. The Hall–Kier alpha value is -4.30. The molecule has 162 valence electrons.